The van der Waals surface area contributed by atoms with Crippen molar-refractivity contribution in [2.24, 2.45) is 0 Å². The monoisotopic (exact) mass is 227 g/mol. The zero-order valence-corrected chi connectivity index (χ0v) is 9.74. The van der Waals surface area contributed by atoms with Gasteiger partial charge in [0.25, 0.3) is 0 Å². The molecule has 0 unspecified atom stereocenters. The Morgan fingerprint density at radius 2 is 2.19 bits per heavy atom. The van der Waals surface area contributed by atoms with Crippen molar-refractivity contribution in [2.75, 3.05) is 27.3 Å². The molecule has 0 radical (unpaired) electrons. The molecule has 0 spiro atoms. The lowest BCUT2D eigenvalue weighted by Gasteiger charge is -2.16. The fourth-order valence-electron chi connectivity index (χ4n) is 1.52. The predicted molar refractivity (Wildman–Crippen MR) is 60.9 cm³/mol. The second kappa shape index (κ2) is 6.45. The quantitative estimate of drug-likeness (QED) is 0.754. The average Bonchev–Trinajstić information content (AvgIpc) is 2.24. The van der Waals surface area contributed by atoms with E-state index in [2.05, 4.69) is 4.90 Å². The van der Waals surface area contributed by atoms with E-state index in [4.69, 9.17) is 9.84 Å². The van der Waals surface area contributed by atoms with Crippen molar-refractivity contribution in [1.82, 2.24) is 4.90 Å². The van der Waals surface area contributed by atoms with Crippen LogP contribution in [0.4, 0.5) is 4.39 Å². The van der Waals surface area contributed by atoms with Crippen LogP contribution in [0.25, 0.3) is 0 Å². The highest BCUT2D eigenvalue weighted by atomic mass is 19.1. The SMILES string of the molecule is COCCCN(C)Cc1ccc(O)c(F)c1. The molecule has 16 heavy (non-hydrogen) atoms. The summed E-state index contributed by atoms with van der Waals surface area (Å²) in [6, 6.07) is 4.47. The molecule has 1 rings (SSSR count). The number of hydrogen-bond acceptors (Lipinski definition) is 3. The van der Waals surface area contributed by atoms with Crippen molar-refractivity contribution < 1.29 is 14.2 Å². The number of halogens is 1. The van der Waals surface area contributed by atoms with E-state index in [1.54, 1.807) is 13.2 Å². The summed E-state index contributed by atoms with van der Waals surface area (Å²) in [7, 11) is 3.65. The van der Waals surface area contributed by atoms with Gasteiger partial charge in [-0.05, 0) is 31.2 Å². The van der Waals surface area contributed by atoms with E-state index in [0.717, 1.165) is 25.1 Å². The number of aromatic hydroxyl groups is 1. The molecule has 4 heteroatoms. The second-order valence-electron chi connectivity index (χ2n) is 3.87. The van der Waals surface area contributed by atoms with E-state index in [1.165, 1.54) is 12.1 Å². The Kier molecular flexibility index (Phi) is 5.22. The van der Waals surface area contributed by atoms with Gasteiger partial charge in [0.2, 0.25) is 0 Å². The topological polar surface area (TPSA) is 32.7 Å². The first kappa shape index (κ1) is 12.9. The molecule has 0 amide bonds. The summed E-state index contributed by atoms with van der Waals surface area (Å²) in [5.41, 5.74) is 0.857. The molecule has 0 aliphatic heterocycles. The van der Waals surface area contributed by atoms with Gasteiger partial charge in [-0.1, -0.05) is 6.07 Å². The van der Waals surface area contributed by atoms with E-state index >= 15 is 0 Å². The molecule has 0 saturated heterocycles. The van der Waals surface area contributed by atoms with Crippen LogP contribution in [0, 0.1) is 5.82 Å². The highest BCUT2D eigenvalue weighted by Gasteiger charge is 2.04. The third-order valence-electron chi connectivity index (χ3n) is 2.35. The molecule has 0 aliphatic carbocycles. The minimum atomic E-state index is -0.567. The number of rotatable bonds is 6. The molecule has 90 valence electrons. The molecule has 0 heterocycles. The van der Waals surface area contributed by atoms with Gasteiger partial charge in [0.1, 0.15) is 0 Å². The van der Waals surface area contributed by atoms with Crippen LogP contribution in [0.1, 0.15) is 12.0 Å². The molecule has 0 atom stereocenters. The smallest absolute Gasteiger partial charge is 0.165 e. The van der Waals surface area contributed by atoms with Crippen LogP contribution < -0.4 is 0 Å². The summed E-state index contributed by atoms with van der Waals surface area (Å²) < 4.78 is 18.0. The lowest BCUT2D eigenvalue weighted by molar-refractivity contribution is 0.178. The first-order valence-electron chi connectivity index (χ1n) is 5.28. The van der Waals surface area contributed by atoms with Gasteiger partial charge in [0, 0.05) is 26.8 Å². The van der Waals surface area contributed by atoms with Crippen molar-refractivity contribution in [1.29, 1.82) is 0 Å². The number of nitrogens with zero attached hydrogens (tertiary/aromatic N) is 1. The summed E-state index contributed by atoms with van der Waals surface area (Å²) in [5.74, 6) is -0.867. The molecular formula is C12H18FNO2. The first-order chi connectivity index (χ1) is 7.63. The van der Waals surface area contributed by atoms with E-state index in [0.29, 0.717) is 6.54 Å². The Morgan fingerprint density at radius 3 is 2.81 bits per heavy atom. The maximum Gasteiger partial charge on any atom is 0.165 e. The molecule has 0 fully saturated rings. The Morgan fingerprint density at radius 1 is 1.44 bits per heavy atom. The fraction of sp³-hybridized carbons (Fsp3) is 0.500. The van der Waals surface area contributed by atoms with Crippen LogP contribution in [0.15, 0.2) is 18.2 Å². The number of hydrogen-bond donors (Lipinski definition) is 1. The third-order valence-corrected chi connectivity index (χ3v) is 2.35. The number of methoxy groups -OCH3 is 1. The lowest BCUT2D eigenvalue weighted by atomic mass is 10.2. The van der Waals surface area contributed by atoms with Crippen molar-refractivity contribution in [3.05, 3.63) is 29.6 Å². The van der Waals surface area contributed by atoms with Crippen LogP contribution in [0.2, 0.25) is 0 Å². The Hall–Kier alpha value is -1.13. The van der Waals surface area contributed by atoms with Crippen molar-refractivity contribution in [2.45, 2.75) is 13.0 Å². The van der Waals surface area contributed by atoms with Gasteiger partial charge in [-0.15, -0.1) is 0 Å². The zero-order chi connectivity index (χ0) is 12.0. The Balaban J connectivity index is 2.43. The molecule has 0 saturated carbocycles. The second-order valence-corrected chi connectivity index (χ2v) is 3.87. The molecule has 0 bridgehead atoms. The lowest BCUT2D eigenvalue weighted by Crippen LogP contribution is -2.20. The van der Waals surface area contributed by atoms with Crippen molar-refractivity contribution in [3.63, 3.8) is 0 Å². The third kappa shape index (κ3) is 4.16. The van der Waals surface area contributed by atoms with Crippen LogP contribution >= 0.6 is 0 Å². The number of ether oxygens (including phenoxy) is 1. The van der Waals surface area contributed by atoms with E-state index in [-0.39, 0.29) is 5.75 Å². The fourth-order valence-corrected chi connectivity index (χ4v) is 1.52. The largest absolute Gasteiger partial charge is 0.505 e. The van der Waals surface area contributed by atoms with Gasteiger partial charge in [-0.2, -0.15) is 0 Å². The van der Waals surface area contributed by atoms with E-state index in [9.17, 15) is 4.39 Å². The summed E-state index contributed by atoms with van der Waals surface area (Å²) in [5, 5.41) is 9.05. The minimum absolute atomic E-state index is 0.300. The first-order valence-corrected chi connectivity index (χ1v) is 5.28. The van der Waals surface area contributed by atoms with Gasteiger partial charge >= 0.3 is 0 Å². The summed E-state index contributed by atoms with van der Waals surface area (Å²) >= 11 is 0. The summed E-state index contributed by atoms with van der Waals surface area (Å²) in [6.45, 7) is 2.30. The molecule has 1 aromatic carbocycles. The van der Waals surface area contributed by atoms with Crippen LogP contribution in [-0.2, 0) is 11.3 Å². The number of phenolic OH excluding ortho intramolecular Hbond substituents is 1. The highest BCUT2D eigenvalue weighted by molar-refractivity contribution is 5.27. The Labute approximate surface area is 95.5 Å². The predicted octanol–water partition coefficient (Wildman–Crippen LogP) is 2.00. The summed E-state index contributed by atoms with van der Waals surface area (Å²) in [4.78, 5) is 2.09. The van der Waals surface area contributed by atoms with Gasteiger partial charge in [0.15, 0.2) is 11.6 Å². The zero-order valence-electron chi connectivity index (χ0n) is 9.74. The molecule has 0 aromatic heterocycles. The standard InChI is InChI=1S/C12H18FNO2/c1-14(6-3-7-16-2)9-10-4-5-12(15)11(13)8-10/h4-5,8,15H,3,6-7,9H2,1-2H3. The normalized spacial score (nSPS) is 11.0. The molecular weight excluding hydrogens is 209 g/mol. The van der Waals surface area contributed by atoms with Crippen LogP contribution in [0.5, 0.6) is 5.75 Å². The molecule has 1 N–H and O–H groups in total. The minimum Gasteiger partial charge on any atom is -0.505 e. The van der Waals surface area contributed by atoms with Crippen molar-refractivity contribution in [3.8, 4) is 5.75 Å². The van der Waals surface area contributed by atoms with Gasteiger partial charge in [0.05, 0.1) is 0 Å². The molecule has 3 nitrogen and oxygen atoms in total. The molecule has 1 aromatic rings. The highest BCUT2D eigenvalue weighted by Crippen LogP contribution is 2.16. The van der Waals surface area contributed by atoms with E-state index < -0.39 is 5.82 Å². The van der Waals surface area contributed by atoms with E-state index in [1.807, 2.05) is 7.05 Å². The van der Waals surface area contributed by atoms with Gasteiger partial charge in [-0.25, -0.2) is 4.39 Å². The van der Waals surface area contributed by atoms with Crippen molar-refractivity contribution >= 4 is 0 Å². The van der Waals surface area contributed by atoms with Crippen LogP contribution in [0.3, 0.4) is 0 Å². The average molecular weight is 227 g/mol. The summed E-state index contributed by atoms with van der Waals surface area (Å²) in [6.07, 6.45) is 0.952. The number of phenols is 1. The number of benzene rings is 1. The maximum atomic E-state index is 13.0. The Bertz CT molecular complexity index is 331. The van der Waals surface area contributed by atoms with Gasteiger partial charge in [-0.3, -0.25) is 0 Å². The maximum absolute atomic E-state index is 13.0. The van der Waals surface area contributed by atoms with Gasteiger partial charge < -0.3 is 14.7 Å². The molecule has 0 aliphatic rings. The van der Waals surface area contributed by atoms with Crippen LogP contribution in [-0.4, -0.2) is 37.3 Å².